The molecule has 0 bridgehead atoms. The number of likely N-dealkylation sites (N-methyl/N-ethyl adjacent to an activating group) is 1. The number of nitrogens with zero attached hydrogens (tertiary/aromatic N) is 1. The molecular formula is C22H23ClN4O4. The molecule has 0 fully saturated rings. The number of carbonyl (C=O) groups is 2. The molecule has 0 spiro atoms. The third kappa shape index (κ3) is 5.76. The van der Waals surface area contributed by atoms with Gasteiger partial charge in [-0.2, -0.15) is 5.10 Å². The van der Waals surface area contributed by atoms with Crippen LogP contribution in [0.3, 0.4) is 0 Å². The van der Waals surface area contributed by atoms with Crippen LogP contribution in [-0.2, 0) is 11.3 Å². The number of aromatic amines is 1. The SMILES string of the molecule is CCNC(=O)COc1ccc(CNC(=O)c2cn[nH]c2-c2ccc(Cl)cc2)cc1OC. The molecule has 31 heavy (non-hydrogen) atoms. The molecule has 2 amide bonds. The molecule has 0 unspecified atom stereocenters. The second kappa shape index (κ2) is 10.5. The molecule has 8 nitrogen and oxygen atoms in total. The van der Waals surface area contributed by atoms with E-state index in [1.807, 2.05) is 19.1 Å². The highest BCUT2D eigenvalue weighted by Crippen LogP contribution is 2.28. The van der Waals surface area contributed by atoms with E-state index < -0.39 is 0 Å². The quantitative estimate of drug-likeness (QED) is 0.472. The van der Waals surface area contributed by atoms with Crippen LogP contribution in [0.15, 0.2) is 48.7 Å². The van der Waals surface area contributed by atoms with E-state index in [9.17, 15) is 9.59 Å². The molecule has 1 heterocycles. The van der Waals surface area contributed by atoms with Crippen molar-refractivity contribution in [2.75, 3.05) is 20.3 Å². The predicted octanol–water partition coefficient (Wildman–Crippen LogP) is 3.18. The van der Waals surface area contributed by atoms with Gasteiger partial charge in [-0.05, 0) is 36.8 Å². The van der Waals surface area contributed by atoms with Gasteiger partial charge in [0.1, 0.15) is 0 Å². The molecule has 3 N–H and O–H groups in total. The highest BCUT2D eigenvalue weighted by molar-refractivity contribution is 6.30. The normalized spacial score (nSPS) is 10.4. The standard InChI is InChI=1S/C22H23ClN4O4/c1-3-24-20(28)13-31-18-9-4-14(10-19(18)30-2)11-25-22(29)17-12-26-27-21(17)15-5-7-16(23)8-6-15/h4-10,12H,3,11,13H2,1-2H3,(H,24,28)(H,25,29)(H,26,27). The van der Waals surface area contributed by atoms with E-state index in [1.54, 1.807) is 30.3 Å². The van der Waals surface area contributed by atoms with E-state index in [4.69, 9.17) is 21.1 Å². The van der Waals surface area contributed by atoms with Crippen molar-refractivity contribution in [1.82, 2.24) is 20.8 Å². The molecule has 0 aliphatic heterocycles. The molecule has 0 saturated carbocycles. The van der Waals surface area contributed by atoms with Gasteiger partial charge in [-0.3, -0.25) is 14.7 Å². The Hall–Kier alpha value is -3.52. The summed E-state index contributed by atoms with van der Waals surface area (Å²) in [4.78, 5) is 24.3. The van der Waals surface area contributed by atoms with Crippen LogP contribution in [0.1, 0.15) is 22.8 Å². The van der Waals surface area contributed by atoms with Gasteiger partial charge < -0.3 is 20.1 Å². The van der Waals surface area contributed by atoms with Crippen LogP contribution in [0.25, 0.3) is 11.3 Å². The summed E-state index contributed by atoms with van der Waals surface area (Å²) in [7, 11) is 1.51. The number of hydrogen-bond donors (Lipinski definition) is 3. The highest BCUT2D eigenvalue weighted by atomic mass is 35.5. The zero-order valence-electron chi connectivity index (χ0n) is 17.2. The van der Waals surface area contributed by atoms with Gasteiger partial charge in [-0.15, -0.1) is 0 Å². The summed E-state index contributed by atoms with van der Waals surface area (Å²) in [6.07, 6.45) is 1.48. The van der Waals surface area contributed by atoms with Gasteiger partial charge >= 0.3 is 0 Å². The molecule has 0 aliphatic rings. The maximum atomic E-state index is 12.7. The Morgan fingerprint density at radius 3 is 2.58 bits per heavy atom. The smallest absolute Gasteiger partial charge is 0.257 e. The molecule has 162 valence electrons. The summed E-state index contributed by atoms with van der Waals surface area (Å²) in [6.45, 7) is 2.54. The van der Waals surface area contributed by atoms with Crippen LogP contribution in [0, 0.1) is 0 Å². The first kappa shape index (κ1) is 22.2. The summed E-state index contributed by atoms with van der Waals surface area (Å²) >= 11 is 5.93. The maximum absolute atomic E-state index is 12.7. The number of hydrogen-bond acceptors (Lipinski definition) is 5. The van der Waals surface area contributed by atoms with Crippen LogP contribution in [-0.4, -0.2) is 42.3 Å². The van der Waals surface area contributed by atoms with Gasteiger partial charge in [-0.25, -0.2) is 0 Å². The summed E-state index contributed by atoms with van der Waals surface area (Å²) in [5, 5.41) is 13.0. The second-order valence-electron chi connectivity index (χ2n) is 6.58. The Morgan fingerprint density at radius 1 is 1.10 bits per heavy atom. The number of halogens is 1. The Bertz CT molecular complexity index is 1050. The molecule has 9 heteroatoms. The van der Waals surface area contributed by atoms with Crippen LogP contribution in [0.2, 0.25) is 5.02 Å². The van der Waals surface area contributed by atoms with Crippen molar-refractivity contribution in [1.29, 1.82) is 0 Å². The first-order chi connectivity index (χ1) is 15.0. The van der Waals surface area contributed by atoms with Crippen molar-refractivity contribution >= 4 is 23.4 Å². The maximum Gasteiger partial charge on any atom is 0.257 e. The Kier molecular flexibility index (Phi) is 7.50. The van der Waals surface area contributed by atoms with E-state index in [2.05, 4.69) is 20.8 Å². The molecule has 0 atom stereocenters. The lowest BCUT2D eigenvalue weighted by molar-refractivity contribution is -0.123. The lowest BCUT2D eigenvalue weighted by Crippen LogP contribution is -2.28. The molecule has 0 saturated heterocycles. The number of nitrogens with one attached hydrogen (secondary N) is 3. The first-order valence-electron chi connectivity index (χ1n) is 9.65. The Balaban J connectivity index is 1.65. The summed E-state index contributed by atoms with van der Waals surface area (Å²) in [6, 6.07) is 12.4. The number of benzene rings is 2. The minimum Gasteiger partial charge on any atom is -0.493 e. The Morgan fingerprint density at radius 2 is 1.87 bits per heavy atom. The van der Waals surface area contributed by atoms with Gasteiger partial charge in [0.15, 0.2) is 18.1 Å². The fraction of sp³-hybridized carbons (Fsp3) is 0.227. The molecule has 0 aliphatic carbocycles. The van der Waals surface area contributed by atoms with E-state index in [1.165, 1.54) is 13.3 Å². The van der Waals surface area contributed by atoms with Gasteiger partial charge in [0.2, 0.25) is 0 Å². The third-order valence-electron chi connectivity index (χ3n) is 4.43. The van der Waals surface area contributed by atoms with Gasteiger partial charge in [-0.1, -0.05) is 29.8 Å². The summed E-state index contributed by atoms with van der Waals surface area (Å²) < 4.78 is 10.9. The molecule has 2 aromatic carbocycles. The number of methoxy groups -OCH3 is 1. The van der Waals surface area contributed by atoms with Crippen molar-refractivity contribution in [3.8, 4) is 22.8 Å². The Labute approximate surface area is 184 Å². The monoisotopic (exact) mass is 442 g/mol. The lowest BCUT2D eigenvalue weighted by atomic mass is 10.1. The largest absolute Gasteiger partial charge is 0.493 e. The zero-order valence-corrected chi connectivity index (χ0v) is 18.0. The van der Waals surface area contributed by atoms with Gasteiger partial charge in [0, 0.05) is 23.7 Å². The summed E-state index contributed by atoms with van der Waals surface area (Å²) in [5.74, 6) is 0.441. The second-order valence-corrected chi connectivity index (χ2v) is 7.01. The van der Waals surface area contributed by atoms with E-state index in [0.29, 0.717) is 34.3 Å². The average Bonchev–Trinajstić information content (AvgIpc) is 3.27. The van der Waals surface area contributed by atoms with E-state index >= 15 is 0 Å². The topological polar surface area (TPSA) is 105 Å². The predicted molar refractivity (Wildman–Crippen MR) is 117 cm³/mol. The van der Waals surface area contributed by atoms with Gasteiger partial charge in [0.25, 0.3) is 11.8 Å². The minimum atomic E-state index is -0.269. The van der Waals surface area contributed by atoms with Crippen molar-refractivity contribution in [3.63, 3.8) is 0 Å². The number of carbonyl (C=O) groups excluding carboxylic acids is 2. The van der Waals surface area contributed by atoms with E-state index in [0.717, 1.165) is 11.1 Å². The van der Waals surface area contributed by atoms with Crippen molar-refractivity contribution in [3.05, 3.63) is 64.8 Å². The molecule has 3 rings (SSSR count). The molecular weight excluding hydrogens is 420 g/mol. The fourth-order valence-electron chi connectivity index (χ4n) is 2.91. The summed E-state index contributed by atoms with van der Waals surface area (Å²) in [5.41, 5.74) is 2.66. The highest BCUT2D eigenvalue weighted by Gasteiger charge is 2.16. The number of rotatable bonds is 9. The number of ether oxygens (including phenoxy) is 2. The molecule has 1 aromatic heterocycles. The van der Waals surface area contributed by atoms with Crippen molar-refractivity contribution < 1.29 is 19.1 Å². The van der Waals surface area contributed by atoms with Crippen LogP contribution in [0.5, 0.6) is 11.5 Å². The zero-order chi connectivity index (χ0) is 22.2. The molecule has 3 aromatic rings. The van der Waals surface area contributed by atoms with E-state index in [-0.39, 0.29) is 25.0 Å². The molecule has 0 radical (unpaired) electrons. The van der Waals surface area contributed by atoms with Gasteiger partial charge in [0.05, 0.1) is 24.6 Å². The fourth-order valence-corrected chi connectivity index (χ4v) is 3.03. The minimum absolute atomic E-state index is 0.103. The van der Waals surface area contributed by atoms with Crippen LogP contribution in [0.4, 0.5) is 0 Å². The number of aromatic nitrogens is 2. The number of amides is 2. The first-order valence-corrected chi connectivity index (χ1v) is 10.0. The number of H-pyrrole nitrogens is 1. The van der Waals surface area contributed by atoms with Crippen LogP contribution < -0.4 is 20.1 Å². The lowest BCUT2D eigenvalue weighted by Gasteiger charge is -2.12. The van der Waals surface area contributed by atoms with Crippen LogP contribution >= 0.6 is 11.6 Å². The third-order valence-corrected chi connectivity index (χ3v) is 4.68. The average molecular weight is 443 g/mol. The van der Waals surface area contributed by atoms with Crippen molar-refractivity contribution in [2.45, 2.75) is 13.5 Å². The van der Waals surface area contributed by atoms with Crippen molar-refractivity contribution in [2.24, 2.45) is 0 Å².